The highest BCUT2D eigenvalue weighted by Gasteiger charge is 2.34. The Kier molecular flexibility index (Phi) is 6.66. The minimum absolute atomic E-state index is 0.0925. The predicted octanol–water partition coefficient (Wildman–Crippen LogP) is 4.15. The van der Waals surface area contributed by atoms with Gasteiger partial charge in [-0.15, -0.1) is 11.3 Å². The van der Waals surface area contributed by atoms with Gasteiger partial charge in [0, 0.05) is 4.88 Å². The second kappa shape index (κ2) is 8.51. The second-order valence-corrected chi connectivity index (χ2v) is 6.89. The Labute approximate surface area is 149 Å². The fourth-order valence-electron chi connectivity index (χ4n) is 2.86. The molecule has 0 saturated carbocycles. The topological polar surface area (TPSA) is 30.9 Å². The minimum Gasteiger partial charge on any atom is -0.493 e. The summed E-state index contributed by atoms with van der Waals surface area (Å²) in [5.74, 6) is 1.46. The molecule has 0 aliphatic rings. The molecule has 1 aromatic heterocycles. The third-order valence-electron chi connectivity index (χ3n) is 4.48. The van der Waals surface area contributed by atoms with Crippen LogP contribution in [-0.2, 0) is 16.9 Å². The molecule has 2 rings (SSSR count). The number of likely N-dealkylation sites (N-methyl/N-ethyl adjacent to an activating group) is 1. The Bertz CT molecular complexity index is 628. The van der Waals surface area contributed by atoms with Crippen LogP contribution in [0.5, 0.6) is 11.5 Å². The van der Waals surface area contributed by atoms with Crippen molar-refractivity contribution in [1.29, 1.82) is 0 Å². The highest BCUT2D eigenvalue weighted by molar-refractivity contribution is 7.10. The third kappa shape index (κ3) is 3.91. The first-order chi connectivity index (χ1) is 11.6. The molecule has 1 aromatic carbocycles. The molecule has 24 heavy (non-hydrogen) atoms. The number of thiophene rings is 1. The molecule has 0 saturated heterocycles. The lowest BCUT2D eigenvalue weighted by molar-refractivity contribution is 0.00403. The van der Waals surface area contributed by atoms with Gasteiger partial charge < -0.3 is 14.2 Å². The number of methoxy groups -OCH3 is 2. The molecule has 0 amide bonds. The van der Waals surface area contributed by atoms with Crippen molar-refractivity contribution in [3.63, 3.8) is 0 Å². The summed E-state index contributed by atoms with van der Waals surface area (Å²) in [5, 5.41) is 2.12. The third-order valence-corrected chi connectivity index (χ3v) is 5.54. The summed E-state index contributed by atoms with van der Waals surface area (Å²) in [6.45, 7) is 3.40. The molecule has 0 radical (unpaired) electrons. The predicted molar refractivity (Wildman–Crippen MR) is 99.2 cm³/mol. The molecule has 0 aliphatic heterocycles. The van der Waals surface area contributed by atoms with E-state index in [9.17, 15) is 0 Å². The fraction of sp³-hybridized carbons (Fsp3) is 0.474. The maximum Gasteiger partial charge on any atom is 0.161 e. The monoisotopic (exact) mass is 349 g/mol. The smallest absolute Gasteiger partial charge is 0.161 e. The van der Waals surface area contributed by atoms with E-state index in [-0.39, 0.29) is 5.54 Å². The Balaban J connectivity index is 2.08. The highest BCUT2D eigenvalue weighted by Crippen LogP contribution is 2.34. The van der Waals surface area contributed by atoms with Gasteiger partial charge in [0.15, 0.2) is 11.5 Å². The number of benzene rings is 1. The summed E-state index contributed by atoms with van der Waals surface area (Å²) in [5.41, 5.74) is 0.979. The molecule has 0 fully saturated rings. The molecule has 1 heterocycles. The van der Waals surface area contributed by atoms with E-state index in [1.54, 1.807) is 25.6 Å². The van der Waals surface area contributed by atoms with Crippen LogP contribution < -0.4 is 9.47 Å². The van der Waals surface area contributed by atoms with Crippen molar-refractivity contribution in [3.8, 4) is 11.5 Å². The SMILES string of the molecule is CCC(COCc1ccc(OC)c(OC)c1)(c1cccs1)N(C)C. The first-order valence-electron chi connectivity index (χ1n) is 8.07. The Morgan fingerprint density at radius 1 is 1.08 bits per heavy atom. The number of hydrogen-bond acceptors (Lipinski definition) is 5. The lowest BCUT2D eigenvalue weighted by Crippen LogP contribution is -2.44. The standard InChI is InChI=1S/C19H27NO3S/c1-6-19(20(2)3,18-8-7-11-24-18)14-23-13-15-9-10-16(21-4)17(12-15)22-5/h7-12H,6,13-14H2,1-5H3. The van der Waals surface area contributed by atoms with Gasteiger partial charge in [-0.3, -0.25) is 4.90 Å². The summed E-state index contributed by atoms with van der Waals surface area (Å²) in [6.07, 6.45) is 0.993. The molecular weight excluding hydrogens is 322 g/mol. The van der Waals surface area contributed by atoms with Crippen molar-refractivity contribution in [1.82, 2.24) is 4.90 Å². The van der Waals surface area contributed by atoms with Gasteiger partial charge in [0.1, 0.15) is 0 Å². The van der Waals surface area contributed by atoms with Crippen LogP contribution in [-0.4, -0.2) is 39.8 Å². The van der Waals surface area contributed by atoms with Gasteiger partial charge in [-0.2, -0.15) is 0 Å². The molecule has 0 bridgehead atoms. The Hall–Kier alpha value is -1.56. The number of ether oxygens (including phenoxy) is 3. The van der Waals surface area contributed by atoms with Crippen molar-refractivity contribution >= 4 is 11.3 Å². The van der Waals surface area contributed by atoms with E-state index in [1.165, 1.54) is 4.88 Å². The Morgan fingerprint density at radius 2 is 1.83 bits per heavy atom. The summed E-state index contributed by atoms with van der Waals surface area (Å²) in [7, 11) is 7.52. The zero-order valence-electron chi connectivity index (χ0n) is 15.2. The molecular formula is C19H27NO3S. The van der Waals surface area contributed by atoms with Gasteiger partial charge >= 0.3 is 0 Å². The summed E-state index contributed by atoms with van der Waals surface area (Å²) >= 11 is 1.78. The van der Waals surface area contributed by atoms with Crippen LogP contribution in [0, 0.1) is 0 Å². The zero-order chi connectivity index (χ0) is 17.6. The quantitative estimate of drug-likeness (QED) is 0.680. The van der Waals surface area contributed by atoms with E-state index in [0.29, 0.717) is 13.2 Å². The summed E-state index contributed by atoms with van der Waals surface area (Å²) < 4.78 is 16.7. The van der Waals surface area contributed by atoms with Crippen LogP contribution in [0.15, 0.2) is 35.7 Å². The first-order valence-corrected chi connectivity index (χ1v) is 8.95. The van der Waals surface area contributed by atoms with Crippen LogP contribution in [0.1, 0.15) is 23.8 Å². The largest absolute Gasteiger partial charge is 0.493 e. The van der Waals surface area contributed by atoms with E-state index in [0.717, 1.165) is 23.5 Å². The highest BCUT2D eigenvalue weighted by atomic mass is 32.1. The van der Waals surface area contributed by atoms with E-state index >= 15 is 0 Å². The van der Waals surface area contributed by atoms with Crippen LogP contribution in [0.2, 0.25) is 0 Å². The Morgan fingerprint density at radius 3 is 2.38 bits per heavy atom. The second-order valence-electron chi connectivity index (χ2n) is 5.94. The number of hydrogen-bond donors (Lipinski definition) is 0. The number of rotatable bonds is 9. The molecule has 4 nitrogen and oxygen atoms in total. The van der Waals surface area contributed by atoms with Gasteiger partial charge in [-0.1, -0.05) is 19.1 Å². The fourth-order valence-corrected chi connectivity index (χ4v) is 3.93. The van der Waals surface area contributed by atoms with Crippen molar-refractivity contribution in [2.24, 2.45) is 0 Å². The van der Waals surface area contributed by atoms with E-state index in [2.05, 4.69) is 43.4 Å². The maximum absolute atomic E-state index is 6.10. The molecule has 1 atom stereocenters. The van der Waals surface area contributed by atoms with Crippen molar-refractivity contribution in [2.45, 2.75) is 25.5 Å². The lowest BCUT2D eigenvalue weighted by Gasteiger charge is -2.38. The molecule has 0 N–H and O–H groups in total. The normalized spacial score (nSPS) is 13.8. The van der Waals surface area contributed by atoms with Crippen molar-refractivity contribution in [3.05, 3.63) is 46.2 Å². The summed E-state index contributed by atoms with van der Waals surface area (Å²) in [6, 6.07) is 10.2. The van der Waals surface area contributed by atoms with Crippen LogP contribution in [0.4, 0.5) is 0 Å². The molecule has 2 aromatic rings. The van der Waals surface area contributed by atoms with Gasteiger partial charge in [0.2, 0.25) is 0 Å². The van der Waals surface area contributed by atoms with E-state index in [1.807, 2.05) is 18.2 Å². The van der Waals surface area contributed by atoms with Crippen LogP contribution in [0.25, 0.3) is 0 Å². The molecule has 132 valence electrons. The summed E-state index contributed by atoms with van der Waals surface area (Å²) in [4.78, 5) is 3.59. The maximum atomic E-state index is 6.10. The van der Waals surface area contributed by atoms with Crippen LogP contribution in [0.3, 0.4) is 0 Å². The molecule has 1 unspecified atom stereocenters. The molecule has 0 aliphatic carbocycles. The average Bonchev–Trinajstić information content (AvgIpc) is 3.13. The minimum atomic E-state index is -0.0925. The zero-order valence-corrected chi connectivity index (χ0v) is 16.0. The lowest BCUT2D eigenvalue weighted by atomic mass is 9.93. The van der Waals surface area contributed by atoms with Gasteiger partial charge in [-0.25, -0.2) is 0 Å². The van der Waals surface area contributed by atoms with Crippen molar-refractivity contribution < 1.29 is 14.2 Å². The van der Waals surface area contributed by atoms with Gasteiger partial charge in [0.25, 0.3) is 0 Å². The van der Waals surface area contributed by atoms with E-state index in [4.69, 9.17) is 14.2 Å². The number of nitrogens with zero attached hydrogens (tertiary/aromatic N) is 1. The van der Waals surface area contributed by atoms with Gasteiger partial charge in [-0.05, 0) is 49.7 Å². The van der Waals surface area contributed by atoms with Crippen LogP contribution >= 0.6 is 11.3 Å². The van der Waals surface area contributed by atoms with Gasteiger partial charge in [0.05, 0.1) is 33.0 Å². The first kappa shape index (κ1) is 18.8. The molecule has 0 spiro atoms. The average molecular weight is 349 g/mol. The van der Waals surface area contributed by atoms with Crippen molar-refractivity contribution in [2.75, 3.05) is 34.9 Å². The van der Waals surface area contributed by atoms with E-state index < -0.39 is 0 Å². The molecule has 5 heteroatoms.